The standard InChI is InChI=1S/C19H18ClF3N2O/c20-14-3-1-2-13(12-14)6-7-24-8-10-25(11-9-24)19(26)15-4-5-16(21)18(23)17(15)22/h1-5,12H,6-11H2. The van der Waals surface area contributed by atoms with Crippen LogP contribution in [-0.2, 0) is 6.42 Å². The van der Waals surface area contributed by atoms with Crippen LogP contribution in [0.1, 0.15) is 15.9 Å². The molecule has 1 aliphatic heterocycles. The highest BCUT2D eigenvalue weighted by molar-refractivity contribution is 6.30. The fourth-order valence-electron chi connectivity index (χ4n) is 3.02. The fourth-order valence-corrected chi connectivity index (χ4v) is 3.23. The molecule has 0 saturated carbocycles. The molecule has 2 aromatic carbocycles. The number of rotatable bonds is 4. The van der Waals surface area contributed by atoms with Crippen molar-refractivity contribution in [2.24, 2.45) is 0 Å². The Hall–Kier alpha value is -2.05. The van der Waals surface area contributed by atoms with Crippen LogP contribution in [0.15, 0.2) is 36.4 Å². The van der Waals surface area contributed by atoms with Gasteiger partial charge in [0.1, 0.15) is 0 Å². The number of carbonyl (C=O) groups excluding carboxylic acids is 1. The summed E-state index contributed by atoms with van der Waals surface area (Å²) in [7, 11) is 0. The number of halogens is 4. The average Bonchev–Trinajstić information content (AvgIpc) is 2.65. The zero-order valence-electron chi connectivity index (χ0n) is 14.0. The summed E-state index contributed by atoms with van der Waals surface area (Å²) < 4.78 is 40.1. The summed E-state index contributed by atoms with van der Waals surface area (Å²) in [6, 6.07) is 9.43. The summed E-state index contributed by atoms with van der Waals surface area (Å²) in [5.74, 6) is -4.96. The third-order valence-corrected chi connectivity index (χ3v) is 4.77. The van der Waals surface area contributed by atoms with Gasteiger partial charge in [-0.3, -0.25) is 9.69 Å². The highest BCUT2D eigenvalue weighted by atomic mass is 35.5. The Morgan fingerprint density at radius 1 is 1.00 bits per heavy atom. The number of benzene rings is 2. The van der Waals surface area contributed by atoms with Gasteiger partial charge in [0.25, 0.3) is 5.91 Å². The van der Waals surface area contributed by atoms with Gasteiger partial charge in [-0.15, -0.1) is 0 Å². The van der Waals surface area contributed by atoms with Crippen LogP contribution in [0, 0.1) is 17.5 Å². The van der Waals surface area contributed by atoms with E-state index in [0.29, 0.717) is 31.2 Å². The lowest BCUT2D eigenvalue weighted by Crippen LogP contribution is -2.49. The van der Waals surface area contributed by atoms with E-state index in [1.165, 1.54) is 4.90 Å². The minimum atomic E-state index is -1.61. The molecule has 7 heteroatoms. The SMILES string of the molecule is O=C(c1ccc(F)c(F)c1F)N1CCN(CCc2cccc(Cl)c2)CC1. The van der Waals surface area contributed by atoms with Gasteiger partial charge in [-0.05, 0) is 36.2 Å². The number of hydrogen-bond acceptors (Lipinski definition) is 2. The maximum Gasteiger partial charge on any atom is 0.257 e. The fraction of sp³-hybridized carbons (Fsp3) is 0.316. The number of piperazine rings is 1. The predicted molar refractivity (Wildman–Crippen MR) is 93.8 cm³/mol. The van der Waals surface area contributed by atoms with Crippen LogP contribution < -0.4 is 0 Å². The first-order chi connectivity index (χ1) is 12.5. The Bertz CT molecular complexity index is 807. The molecular formula is C19H18ClF3N2O. The van der Waals surface area contributed by atoms with Crippen molar-refractivity contribution in [3.63, 3.8) is 0 Å². The first kappa shape index (κ1) is 18.7. The maximum absolute atomic E-state index is 13.8. The average molecular weight is 383 g/mol. The van der Waals surface area contributed by atoms with Crippen LogP contribution in [-0.4, -0.2) is 48.4 Å². The van der Waals surface area contributed by atoms with E-state index in [2.05, 4.69) is 4.90 Å². The van der Waals surface area contributed by atoms with Crippen LogP contribution in [0.4, 0.5) is 13.2 Å². The van der Waals surface area contributed by atoms with E-state index in [4.69, 9.17) is 11.6 Å². The summed E-state index contributed by atoms with van der Waals surface area (Å²) in [5.41, 5.74) is 0.705. The van der Waals surface area contributed by atoms with E-state index in [0.717, 1.165) is 30.7 Å². The van der Waals surface area contributed by atoms with Gasteiger partial charge in [-0.1, -0.05) is 23.7 Å². The zero-order valence-corrected chi connectivity index (χ0v) is 14.8. The van der Waals surface area contributed by atoms with Crippen LogP contribution in [0.3, 0.4) is 0 Å². The summed E-state index contributed by atoms with van der Waals surface area (Å²) in [6.45, 7) is 2.91. The molecule has 0 bridgehead atoms. The van der Waals surface area contributed by atoms with E-state index in [1.807, 2.05) is 24.3 Å². The minimum Gasteiger partial charge on any atom is -0.336 e. The molecule has 138 valence electrons. The molecule has 3 rings (SSSR count). The van der Waals surface area contributed by atoms with E-state index in [1.54, 1.807) is 0 Å². The molecule has 2 aromatic rings. The normalized spacial score (nSPS) is 15.3. The largest absolute Gasteiger partial charge is 0.336 e. The van der Waals surface area contributed by atoms with Gasteiger partial charge in [-0.25, -0.2) is 13.2 Å². The van der Waals surface area contributed by atoms with Crippen LogP contribution >= 0.6 is 11.6 Å². The molecule has 0 aromatic heterocycles. The van der Waals surface area contributed by atoms with E-state index in [-0.39, 0.29) is 0 Å². The van der Waals surface area contributed by atoms with Crippen molar-refractivity contribution in [3.05, 3.63) is 70.0 Å². The highest BCUT2D eigenvalue weighted by Gasteiger charge is 2.26. The number of hydrogen-bond donors (Lipinski definition) is 0. The second-order valence-corrected chi connectivity index (χ2v) is 6.67. The van der Waals surface area contributed by atoms with Crippen molar-refractivity contribution in [1.82, 2.24) is 9.80 Å². The Morgan fingerprint density at radius 3 is 2.42 bits per heavy atom. The summed E-state index contributed by atoms with van der Waals surface area (Å²) >= 11 is 5.97. The van der Waals surface area contributed by atoms with Gasteiger partial charge >= 0.3 is 0 Å². The topological polar surface area (TPSA) is 23.6 Å². The van der Waals surface area contributed by atoms with Crippen molar-refractivity contribution in [2.45, 2.75) is 6.42 Å². The first-order valence-electron chi connectivity index (χ1n) is 8.35. The molecule has 1 fully saturated rings. The molecule has 1 amide bonds. The molecule has 1 heterocycles. The van der Waals surface area contributed by atoms with Crippen LogP contribution in [0.25, 0.3) is 0 Å². The van der Waals surface area contributed by atoms with Crippen molar-refractivity contribution < 1.29 is 18.0 Å². The maximum atomic E-state index is 13.8. The molecule has 0 unspecified atom stereocenters. The molecule has 1 aliphatic rings. The van der Waals surface area contributed by atoms with Crippen molar-refractivity contribution >= 4 is 17.5 Å². The molecule has 0 spiro atoms. The Morgan fingerprint density at radius 2 is 1.73 bits per heavy atom. The van der Waals surface area contributed by atoms with Crippen molar-refractivity contribution in [3.8, 4) is 0 Å². The van der Waals surface area contributed by atoms with Gasteiger partial charge in [0, 0.05) is 37.7 Å². The lowest BCUT2D eigenvalue weighted by molar-refractivity contribution is 0.0632. The molecule has 26 heavy (non-hydrogen) atoms. The number of nitrogens with zero attached hydrogens (tertiary/aromatic N) is 2. The summed E-state index contributed by atoms with van der Waals surface area (Å²) in [6.07, 6.45) is 0.840. The number of amides is 1. The van der Waals surface area contributed by atoms with Crippen LogP contribution in [0.2, 0.25) is 5.02 Å². The second kappa shape index (κ2) is 8.10. The molecule has 0 N–H and O–H groups in total. The molecular weight excluding hydrogens is 365 g/mol. The lowest BCUT2D eigenvalue weighted by Gasteiger charge is -2.34. The highest BCUT2D eigenvalue weighted by Crippen LogP contribution is 2.18. The molecule has 3 nitrogen and oxygen atoms in total. The third kappa shape index (κ3) is 4.19. The molecule has 1 saturated heterocycles. The van der Waals surface area contributed by atoms with Gasteiger partial charge in [-0.2, -0.15) is 0 Å². The first-order valence-corrected chi connectivity index (χ1v) is 8.73. The Labute approximate surface area is 155 Å². The quantitative estimate of drug-likeness (QED) is 0.752. The Balaban J connectivity index is 1.55. The van der Waals surface area contributed by atoms with Gasteiger partial charge in [0.15, 0.2) is 17.5 Å². The monoisotopic (exact) mass is 382 g/mol. The summed E-state index contributed by atoms with van der Waals surface area (Å²) in [4.78, 5) is 16.0. The van der Waals surface area contributed by atoms with E-state index >= 15 is 0 Å². The molecule has 0 aliphatic carbocycles. The lowest BCUT2D eigenvalue weighted by atomic mass is 10.1. The zero-order chi connectivity index (χ0) is 18.7. The minimum absolute atomic E-state index is 0.410. The van der Waals surface area contributed by atoms with Gasteiger partial charge in [0.2, 0.25) is 0 Å². The smallest absolute Gasteiger partial charge is 0.257 e. The summed E-state index contributed by atoms with van der Waals surface area (Å²) in [5, 5.41) is 0.700. The predicted octanol–water partition coefficient (Wildman–Crippen LogP) is 3.76. The van der Waals surface area contributed by atoms with E-state index in [9.17, 15) is 18.0 Å². The Kier molecular flexibility index (Phi) is 5.84. The van der Waals surface area contributed by atoms with E-state index < -0.39 is 28.9 Å². The van der Waals surface area contributed by atoms with Gasteiger partial charge in [0.05, 0.1) is 5.56 Å². The third-order valence-electron chi connectivity index (χ3n) is 4.53. The van der Waals surface area contributed by atoms with Crippen LogP contribution in [0.5, 0.6) is 0 Å². The van der Waals surface area contributed by atoms with Crippen molar-refractivity contribution in [1.29, 1.82) is 0 Å². The molecule has 0 radical (unpaired) electrons. The number of carbonyl (C=O) groups is 1. The van der Waals surface area contributed by atoms with Gasteiger partial charge < -0.3 is 4.90 Å². The van der Waals surface area contributed by atoms with Crippen molar-refractivity contribution in [2.75, 3.05) is 32.7 Å². The molecule has 0 atom stereocenters. The second-order valence-electron chi connectivity index (χ2n) is 6.24.